The number of hydrogen-bond donors (Lipinski definition) is 2. The summed E-state index contributed by atoms with van der Waals surface area (Å²) in [6.45, 7) is 1.36. The predicted molar refractivity (Wildman–Crippen MR) is 104 cm³/mol. The molecule has 12 heteroatoms. The van der Waals surface area contributed by atoms with Gasteiger partial charge in [0.25, 0.3) is 0 Å². The monoisotopic (exact) mass is 454 g/mol. The van der Waals surface area contributed by atoms with Gasteiger partial charge in [-0.05, 0) is 34.4 Å². The van der Waals surface area contributed by atoms with Crippen LogP contribution in [0.3, 0.4) is 0 Å². The van der Waals surface area contributed by atoms with E-state index in [-0.39, 0.29) is 19.1 Å². The van der Waals surface area contributed by atoms with Gasteiger partial charge in [0.1, 0.15) is 12.4 Å². The fourth-order valence-electron chi connectivity index (χ4n) is 2.46. The fraction of sp³-hybridized carbons (Fsp3) is 0.412. The molecule has 1 unspecified atom stereocenters. The van der Waals surface area contributed by atoms with Crippen molar-refractivity contribution in [2.24, 2.45) is 0 Å². The molecule has 2 N–H and O–H groups in total. The molecule has 0 bridgehead atoms. The van der Waals surface area contributed by atoms with E-state index >= 15 is 0 Å². The second kappa shape index (κ2) is 8.86. The van der Waals surface area contributed by atoms with Crippen molar-refractivity contribution < 1.29 is 34.7 Å². The highest BCUT2D eigenvalue weighted by molar-refractivity contribution is 7.90. The molecule has 0 radical (unpaired) electrons. The van der Waals surface area contributed by atoms with E-state index in [2.05, 4.69) is 4.72 Å². The number of halogens is 3. The molecule has 2 rings (SSSR count). The highest BCUT2D eigenvalue weighted by atomic mass is 32.2. The van der Waals surface area contributed by atoms with Gasteiger partial charge in [-0.15, -0.1) is 0 Å². The molecule has 162 valence electrons. The van der Waals surface area contributed by atoms with Crippen LogP contribution in [0.15, 0.2) is 36.4 Å². The first-order chi connectivity index (χ1) is 13.3. The molecule has 2 aromatic rings. The number of rotatable bonds is 9. The average Bonchev–Trinajstić information content (AvgIpc) is 2.61. The lowest BCUT2D eigenvalue weighted by Gasteiger charge is -2.14. The Morgan fingerprint density at radius 2 is 1.62 bits per heavy atom. The van der Waals surface area contributed by atoms with Crippen LogP contribution in [0.4, 0.5) is 13.2 Å². The Labute approximate surface area is 167 Å². The van der Waals surface area contributed by atoms with Crippen molar-refractivity contribution in [3.05, 3.63) is 42.0 Å². The van der Waals surface area contributed by atoms with Crippen molar-refractivity contribution in [2.75, 3.05) is 26.0 Å². The summed E-state index contributed by atoms with van der Waals surface area (Å²) in [7, 11) is -8.66. The van der Waals surface area contributed by atoms with E-state index in [4.69, 9.17) is 4.74 Å². The Kier molecular flexibility index (Phi) is 7.14. The molecule has 0 amide bonds. The molecule has 0 aliphatic heterocycles. The SMILES string of the molecule is CC(CNS(C)(=O)=O)c1ccc2cc(OCCNS(=O)(=O)C(F)(F)F)ccc2c1. The van der Waals surface area contributed by atoms with Gasteiger partial charge in [0.15, 0.2) is 0 Å². The van der Waals surface area contributed by atoms with Crippen molar-refractivity contribution in [1.29, 1.82) is 0 Å². The first kappa shape index (κ1) is 23.4. The number of fused-ring (bicyclic) bond motifs is 1. The van der Waals surface area contributed by atoms with Crippen molar-refractivity contribution in [2.45, 2.75) is 18.3 Å². The molecule has 0 aliphatic carbocycles. The Balaban J connectivity index is 1.99. The summed E-state index contributed by atoms with van der Waals surface area (Å²) >= 11 is 0. The molecule has 0 aliphatic rings. The third-order valence-corrected chi connectivity index (χ3v) is 5.91. The Hall–Kier alpha value is -1.89. The van der Waals surface area contributed by atoms with Crippen LogP contribution in [0.25, 0.3) is 10.8 Å². The summed E-state index contributed by atoms with van der Waals surface area (Å²) in [4.78, 5) is 0. The number of alkyl halides is 3. The van der Waals surface area contributed by atoms with Crippen molar-refractivity contribution >= 4 is 30.8 Å². The van der Waals surface area contributed by atoms with Gasteiger partial charge < -0.3 is 4.74 Å². The molecular weight excluding hydrogens is 433 g/mol. The lowest BCUT2D eigenvalue weighted by Crippen LogP contribution is -2.38. The molecule has 1 atom stereocenters. The third-order valence-electron chi connectivity index (χ3n) is 4.02. The van der Waals surface area contributed by atoms with Gasteiger partial charge in [0, 0.05) is 13.1 Å². The van der Waals surface area contributed by atoms with Gasteiger partial charge in [-0.1, -0.05) is 31.2 Å². The summed E-state index contributed by atoms with van der Waals surface area (Å²) in [5.74, 6) is 0.329. The minimum absolute atomic E-state index is 0.0493. The number of nitrogens with one attached hydrogen (secondary N) is 2. The third kappa shape index (κ3) is 6.84. The van der Waals surface area contributed by atoms with Gasteiger partial charge >= 0.3 is 15.5 Å². The van der Waals surface area contributed by atoms with E-state index in [1.165, 1.54) is 4.72 Å². The quantitative estimate of drug-likeness (QED) is 0.567. The van der Waals surface area contributed by atoms with Crippen LogP contribution in [-0.4, -0.2) is 48.3 Å². The molecular formula is C17H21F3N2O5S2. The summed E-state index contributed by atoms with van der Waals surface area (Å²) < 4.78 is 90.1. The van der Waals surface area contributed by atoms with E-state index in [1.54, 1.807) is 18.2 Å². The Bertz CT molecular complexity index is 1070. The first-order valence-corrected chi connectivity index (χ1v) is 11.8. The predicted octanol–water partition coefficient (Wildman–Crippen LogP) is 2.31. The lowest BCUT2D eigenvalue weighted by atomic mass is 9.98. The fourth-order valence-corrected chi connectivity index (χ4v) is 3.53. The molecule has 0 fully saturated rings. The van der Waals surface area contributed by atoms with E-state index in [9.17, 15) is 30.0 Å². The normalized spacial score (nSPS) is 14.1. The van der Waals surface area contributed by atoms with Gasteiger partial charge in [0.05, 0.1) is 6.26 Å². The Morgan fingerprint density at radius 1 is 1.00 bits per heavy atom. The summed E-state index contributed by atoms with van der Waals surface area (Å²) in [6, 6.07) is 10.6. The average molecular weight is 454 g/mol. The zero-order chi connectivity index (χ0) is 21.9. The highest BCUT2D eigenvalue weighted by Crippen LogP contribution is 2.25. The van der Waals surface area contributed by atoms with Gasteiger partial charge in [-0.2, -0.15) is 13.2 Å². The summed E-state index contributed by atoms with van der Waals surface area (Å²) in [5.41, 5.74) is -4.43. The minimum atomic E-state index is -5.39. The largest absolute Gasteiger partial charge is 0.511 e. The zero-order valence-electron chi connectivity index (χ0n) is 15.7. The smallest absolute Gasteiger partial charge is 0.492 e. The Morgan fingerprint density at radius 3 is 2.24 bits per heavy atom. The first-order valence-electron chi connectivity index (χ1n) is 8.45. The number of ether oxygens (including phenoxy) is 1. The number of sulfonamides is 2. The molecule has 0 saturated heterocycles. The van der Waals surface area contributed by atoms with Crippen molar-refractivity contribution in [3.8, 4) is 5.75 Å². The maximum absolute atomic E-state index is 12.2. The molecule has 29 heavy (non-hydrogen) atoms. The maximum Gasteiger partial charge on any atom is 0.511 e. The van der Waals surface area contributed by atoms with Gasteiger partial charge in [-0.25, -0.2) is 26.3 Å². The molecule has 0 saturated carbocycles. The van der Waals surface area contributed by atoms with Crippen LogP contribution in [0.2, 0.25) is 0 Å². The van der Waals surface area contributed by atoms with E-state index in [0.717, 1.165) is 22.6 Å². The second-order valence-corrected chi connectivity index (χ2v) is 10.1. The van der Waals surface area contributed by atoms with Crippen LogP contribution >= 0.6 is 0 Å². The highest BCUT2D eigenvalue weighted by Gasteiger charge is 2.45. The van der Waals surface area contributed by atoms with Crippen LogP contribution in [0.5, 0.6) is 5.75 Å². The molecule has 2 aromatic carbocycles. The van der Waals surface area contributed by atoms with E-state index < -0.39 is 32.1 Å². The minimum Gasteiger partial charge on any atom is -0.492 e. The molecule has 0 heterocycles. The molecule has 7 nitrogen and oxygen atoms in total. The number of hydrogen-bond acceptors (Lipinski definition) is 5. The van der Waals surface area contributed by atoms with Crippen LogP contribution in [-0.2, 0) is 20.0 Å². The lowest BCUT2D eigenvalue weighted by molar-refractivity contribution is -0.0448. The summed E-state index contributed by atoms with van der Waals surface area (Å²) in [5, 5.41) is 1.68. The van der Waals surface area contributed by atoms with E-state index in [0.29, 0.717) is 5.75 Å². The van der Waals surface area contributed by atoms with Crippen molar-refractivity contribution in [3.63, 3.8) is 0 Å². The molecule has 0 aromatic heterocycles. The molecule has 0 spiro atoms. The standard InChI is InChI=1S/C17H21F3N2O5S2/c1-12(11-22-28(2,23)24)13-3-4-15-10-16(6-5-14(15)9-13)27-8-7-21-29(25,26)17(18,19)20/h3-6,9-10,12,21-22H,7-8,11H2,1-2H3. The van der Waals surface area contributed by atoms with Gasteiger partial charge in [-0.3, -0.25) is 0 Å². The van der Waals surface area contributed by atoms with Crippen molar-refractivity contribution in [1.82, 2.24) is 9.44 Å². The maximum atomic E-state index is 12.2. The topological polar surface area (TPSA) is 102 Å². The van der Waals surface area contributed by atoms with Gasteiger partial charge in [0.2, 0.25) is 10.0 Å². The second-order valence-electron chi connectivity index (χ2n) is 6.48. The van der Waals surface area contributed by atoms with E-state index in [1.807, 2.05) is 25.1 Å². The van der Waals surface area contributed by atoms with Crippen LogP contribution in [0.1, 0.15) is 18.4 Å². The zero-order valence-corrected chi connectivity index (χ0v) is 17.3. The summed E-state index contributed by atoms with van der Waals surface area (Å²) in [6.07, 6.45) is 1.09. The van der Waals surface area contributed by atoms with Crippen LogP contribution in [0, 0.1) is 0 Å². The van der Waals surface area contributed by atoms with Crippen LogP contribution < -0.4 is 14.2 Å². The number of benzene rings is 2.